The van der Waals surface area contributed by atoms with E-state index >= 15 is 0 Å². The van der Waals surface area contributed by atoms with Gasteiger partial charge in [0.15, 0.2) is 5.78 Å². The number of hydrogen-bond donors (Lipinski definition) is 2. The Morgan fingerprint density at radius 1 is 1.24 bits per heavy atom. The molecule has 2 N–H and O–H groups in total. The van der Waals surface area contributed by atoms with Crippen LogP contribution in [0.1, 0.15) is 58.1 Å². The first kappa shape index (κ1) is 19.9. The molecule has 5 nitrogen and oxygen atoms in total. The molecular weight excluding hydrogens is 368 g/mol. The SMILES string of the molecule is CC1=C2CC[C@H](C)[C@]2(c2c(O)c3c(C)cccc3oc2=O)[C@@](O)(CC(C)C)C1=O. The summed E-state index contributed by atoms with van der Waals surface area (Å²) >= 11 is 0. The molecule has 1 aromatic heterocycles. The monoisotopic (exact) mass is 396 g/mol. The molecule has 29 heavy (non-hydrogen) atoms. The minimum absolute atomic E-state index is 0.0251. The van der Waals surface area contributed by atoms with Crippen LogP contribution in [0.15, 0.2) is 38.6 Å². The maximum absolute atomic E-state index is 13.3. The highest BCUT2D eigenvalue weighted by Crippen LogP contribution is 2.63. The van der Waals surface area contributed by atoms with Crippen LogP contribution in [0.5, 0.6) is 5.75 Å². The van der Waals surface area contributed by atoms with Gasteiger partial charge in [-0.1, -0.05) is 32.9 Å². The number of aliphatic hydroxyl groups is 1. The molecule has 0 radical (unpaired) electrons. The summed E-state index contributed by atoms with van der Waals surface area (Å²) in [6.45, 7) is 9.40. The Labute approximate surface area is 170 Å². The Bertz CT molecular complexity index is 1120. The minimum Gasteiger partial charge on any atom is -0.507 e. The first-order valence-corrected chi connectivity index (χ1v) is 10.3. The predicted molar refractivity (Wildman–Crippen MR) is 111 cm³/mol. The highest BCUT2D eigenvalue weighted by atomic mass is 16.4. The zero-order valence-corrected chi connectivity index (χ0v) is 17.6. The highest BCUT2D eigenvalue weighted by Gasteiger charge is 2.69. The molecular formula is C24H28O5. The molecule has 0 bridgehead atoms. The first-order valence-electron chi connectivity index (χ1n) is 10.3. The summed E-state index contributed by atoms with van der Waals surface area (Å²) < 4.78 is 5.63. The molecule has 3 atom stereocenters. The molecule has 0 aliphatic heterocycles. The quantitative estimate of drug-likeness (QED) is 0.761. The van der Waals surface area contributed by atoms with E-state index in [2.05, 4.69) is 0 Å². The van der Waals surface area contributed by atoms with Crippen LogP contribution in [0.4, 0.5) is 0 Å². The Morgan fingerprint density at radius 2 is 1.93 bits per heavy atom. The van der Waals surface area contributed by atoms with Crippen LogP contribution < -0.4 is 5.63 Å². The Kier molecular flexibility index (Phi) is 4.32. The zero-order valence-electron chi connectivity index (χ0n) is 17.6. The molecule has 1 fully saturated rings. The first-order chi connectivity index (χ1) is 13.6. The largest absolute Gasteiger partial charge is 0.507 e. The molecule has 0 amide bonds. The van der Waals surface area contributed by atoms with Gasteiger partial charge in [-0.2, -0.15) is 0 Å². The van der Waals surface area contributed by atoms with Crippen molar-refractivity contribution in [3.63, 3.8) is 0 Å². The van der Waals surface area contributed by atoms with Gasteiger partial charge in [0.1, 0.15) is 16.9 Å². The third kappa shape index (κ3) is 2.31. The van der Waals surface area contributed by atoms with Crippen LogP contribution >= 0.6 is 0 Å². The fourth-order valence-corrected chi connectivity index (χ4v) is 6.04. The molecule has 1 aromatic carbocycles. The molecule has 5 heteroatoms. The summed E-state index contributed by atoms with van der Waals surface area (Å²) in [5.74, 6) is -0.684. The molecule has 2 aromatic rings. The lowest BCUT2D eigenvalue weighted by Gasteiger charge is -2.44. The molecule has 154 valence electrons. The third-order valence-corrected chi connectivity index (χ3v) is 7.08. The normalized spacial score (nSPS) is 29.3. The predicted octanol–water partition coefficient (Wildman–Crippen LogP) is 4.15. The molecule has 2 aliphatic carbocycles. The van der Waals surface area contributed by atoms with E-state index in [9.17, 15) is 19.8 Å². The van der Waals surface area contributed by atoms with Gasteiger partial charge >= 0.3 is 5.63 Å². The van der Waals surface area contributed by atoms with E-state index in [-0.39, 0.29) is 35.4 Å². The van der Waals surface area contributed by atoms with Crippen molar-refractivity contribution in [3.8, 4) is 5.75 Å². The smallest absolute Gasteiger partial charge is 0.344 e. The summed E-state index contributed by atoms with van der Waals surface area (Å²) in [4.78, 5) is 26.6. The number of carbonyl (C=O) groups is 1. The number of aryl methyl sites for hydroxylation is 1. The number of ketones is 1. The lowest BCUT2D eigenvalue weighted by atomic mass is 9.60. The Balaban J connectivity index is 2.17. The number of carbonyl (C=O) groups excluding carboxylic acids is 1. The molecule has 0 unspecified atom stereocenters. The second-order valence-electron chi connectivity index (χ2n) is 9.20. The van der Waals surface area contributed by atoms with Gasteiger partial charge in [-0.25, -0.2) is 4.79 Å². The highest BCUT2D eigenvalue weighted by molar-refractivity contribution is 6.08. The van der Waals surface area contributed by atoms with Gasteiger partial charge < -0.3 is 14.6 Å². The fraction of sp³-hybridized carbons (Fsp3) is 0.500. The van der Waals surface area contributed by atoms with Crippen LogP contribution in [-0.4, -0.2) is 21.6 Å². The van der Waals surface area contributed by atoms with Crippen molar-refractivity contribution >= 4 is 16.8 Å². The maximum atomic E-state index is 13.3. The fourth-order valence-electron chi connectivity index (χ4n) is 6.04. The average Bonchev–Trinajstić information content (AvgIpc) is 3.04. The second kappa shape index (κ2) is 6.30. The van der Waals surface area contributed by atoms with Crippen molar-refractivity contribution in [1.29, 1.82) is 0 Å². The maximum Gasteiger partial charge on any atom is 0.344 e. The molecule has 2 aliphatic rings. The van der Waals surface area contributed by atoms with E-state index in [0.29, 0.717) is 23.0 Å². The van der Waals surface area contributed by atoms with Crippen molar-refractivity contribution in [1.82, 2.24) is 0 Å². The number of rotatable bonds is 3. The molecule has 1 heterocycles. The molecule has 0 saturated heterocycles. The van der Waals surface area contributed by atoms with E-state index in [0.717, 1.165) is 17.6 Å². The van der Waals surface area contributed by atoms with E-state index in [1.165, 1.54) is 0 Å². The number of hydrogen-bond acceptors (Lipinski definition) is 5. The van der Waals surface area contributed by atoms with Gasteiger partial charge in [-0.15, -0.1) is 0 Å². The lowest BCUT2D eigenvalue weighted by Crippen LogP contribution is -2.57. The van der Waals surface area contributed by atoms with Crippen molar-refractivity contribution in [2.75, 3.05) is 0 Å². The number of fused-ring (bicyclic) bond motifs is 2. The van der Waals surface area contributed by atoms with E-state index in [4.69, 9.17) is 4.42 Å². The summed E-state index contributed by atoms with van der Waals surface area (Å²) in [5, 5.41) is 23.8. The summed E-state index contributed by atoms with van der Waals surface area (Å²) in [6.07, 6.45) is 1.55. The lowest BCUT2D eigenvalue weighted by molar-refractivity contribution is -0.141. The van der Waals surface area contributed by atoms with Gasteiger partial charge in [0.2, 0.25) is 0 Å². The van der Waals surface area contributed by atoms with Crippen LogP contribution in [0.25, 0.3) is 11.0 Å². The van der Waals surface area contributed by atoms with Crippen LogP contribution in [0.2, 0.25) is 0 Å². The summed E-state index contributed by atoms with van der Waals surface area (Å²) in [5.41, 5.74) is -1.33. The van der Waals surface area contributed by atoms with E-state index in [1.54, 1.807) is 19.1 Å². The average molecular weight is 396 g/mol. The van der Waals surface area contributed by atoms with E-state index in [1.807, 2.05) is 33.8 Å². The van der Waals surface area contributed by atoms with Crippen molar-refractivity contribution in [2.45, 2.75) is 64.9 Å². The van der Waals surface area contributed by atoms with Crippen LogP contribution in [0.3, 0.4) is 0 Å². The minimum atomic E-state index is -1.78. The third-order valence-electron chi connectivity index (χ3n) is 7.08. The van der Waals surface area contributed by atoms with Gasteiger partial charge in [0.25, 0.3) is 0 Å². The van der Waals surface area contributed by atoms with Crippen LogP contribution in [-0.2, 0) is 10.2 Å². The number of benzene rings is 1. The van der Waals surface area contributed by atoms with Gasteiger partial charge in [0, 0.05) is 0 Å². The van der Waals surface area contributed by atoms with Crippen molar-refractivity contribution in [3.05, 3.63) is 50.9 Å². The van der Waals surface area contributed by atoms with Crippen molar-refractivity contribution < 1.29 is 19.4 Å². The summed E-state index contributed by atoms with van der Waals surface area (Å²) in [6, 6.07) is 5.24. The molecule has 4 rings (SSSR count). The van der Waals surface area contributed by atoms with Crippen LogP contribution in [0, 0.1) is 18.8 Å². The molecule has 0 spiro atoms. The number of Topliss-reactive ketones (excluding diaryl/α,β-unsaturated/α-hetero) is 1. The second-order valence-corrected chi connectivity index (χ2v) is 9.20. The topological polar surface area (TPSA) is 87.7 Å². The van der Waals surface area contributed by atoms with Gasteiger partial charge in [-0.3, -0.25) is 4.79 Å². The van der Waals surface area contributed by atoms with E-state index < -0.39 is 16.6 Å². The zero-order chi connectivity index (χ0) is 21.3. The van der Waals surface area contributed by atoms with Crippen molar-refractivity contribution in [2.24, 2.45) is 11.8 Å². The molecule has 1 saturated carbocycles. The van der Waals surface area contributed by atoms with Gasteiger partial charge in [-0.05, 0) is 67.7 Å². The van der Waals surface area contributed by atoms with Gasteiger partial charge in [0.05, 0.1) is 16.4 Å². The summed E-state index contributed by atoms with van der Waals surface area (Å²) in [7, 11) is 0. The Hall–Kier alpha value is -2.40. The standard InChI is InChI=1S/C24H28O5/c1-12(2)11-23(28)21(26)15(5)16-10-9-14(4)24(16,23)19-20(25)18-13(3)7-6-8-17(18)29-22(19)27/h6-8,12,14,25,28H,9-11H2,1-5H3/t14-,23+,24-/m0/s1. The number of aromatic hydroxyl groups is 1. The Morgan fingerprint density at radius 3 is 2.59 bits per heavy atom.